The van der Waals surface area contributed by atoms with E-state index in [4.69, 9.17) is 14.6 Å². The minimum atomic E-state index is -0.419. The number of imide groups is 1. The van der Waals surface area contributed by atoms with E-state index in [0.717, 1.165) is 54.6 Å². The van der Waals surface area contributed by atoms with Gasteiger partial charge in [0.25, 0.3) is 11.8 Å². The summed E-state index contributed by atoms with van der Waals surface area (Å²) in [5, 5.41) is 12.0. The highest BCUT2D eigenvalue weighted by Gasteiger charge is 2.30. The molecule has 2 aromatic carbocycles. The van der Waals surface area contributed by atoms with Gasteiger partial charge in [0.15, 0.2) is 11.5 Å². The maximum absolute atomic E-state index is 12.3. The third-order valence-corrected chi connectivity index (χ3v) is 6.08. The molecule has 2 aliphatic rings. The molecule has 0 atom stereocenters. The molecule has 33 heavy (non-hydrogen) atoms. The van der Waals surface area contributed by atoms with Crippen LogP contribution in [0, 0.1) is 0 Å². The van der Waals surface area contributed by atoms with E-state index in [1.807, 2.05) is 24.3 Å². The Morgan fingerprint density at radius 1 is 1.00 bits per heavy atom. The molecule has 0 aliphatic carbocycles. The smallest absolute Gasteiger partial charge is 0.277 e. The molecule has 8 heteroatoms. The number of ether oxygens (including phenoxy) is 2. The first-order valence-electron chi connectivity index (χ1n) is 11.0. The van der Waals surface area contributed by atoms with Crippen LogP contribution in [0.15, 0.2) is 48.2 Å². The van der Waals surface area contributed by atoms with Crippen molar-refractivity contribution >= 4 is 17.5 Å². The second-order valence-corrected chi connectivity index (χ2v) is 8.15. The molecule has 2 amide bonds. The summed E-state index contributed by atoms with van der Waals surface area (Å²) in [7, 11) is 3.32. The number of carbonyl (C=O) groups excluding carboxylic acids is 2. The van der Waals surface area contributed by atoms with Crippen molar-refractivity contribution in [1.82, 2.24) is 9.80 Å². The molecule has 0 unspecified atom stereocenters. The number of nitrogens with one attached hydrogen (secondary N) is 1. The van der Waals surface area contributed by atoms with Crippen molar-refractivity contribution in [1.29, 1.82) is 0 Å². The molecule has 0 saturated heterocycles. The highest BCUT2D eigenvalue weighted by Crippen LogP contribution is 2.33. The van der Waals surface area contributed by atoms with Gasteiger partial charge in [0, 0.05) is 31.4 Å². The lowest BCUT2D eigenvalue weighted by Gasteiger charge is -2.29. The zero-order valence-corrected chi connectivity index (χ0v) is 19.0. The number of nitrogens with zero attached hydrogens (tertiary/aromatic N) is 2. The quantitative estimate of drug-likeness (QED) is 0.563. The monoisotopic (exact) mass is 451 g/mol. The van der Waals surface area contributed by atoms with E-state index in [2.05, 4.69) is 22.3 Å². The molecule has 2 aliphatic heterocycles. The Labute approximate surface area is 193 Å². The first kappa shape index (κ1) is 22.8. The van der Waals surface area contributed by atoms with Crippen LogP contribution in [-0.4, -0.2) is 67.2 Å². The molecule has 2 aromatic rings. The first-order valence-corrected chi connectivity index (χ1v) is 11.0. The van der Waals surface area contributed by atoms with E-state index in [1.165, 1.54) is 22.8 Å². The molecular formula is C25H29N3O5. The van der Waals surface area contributed by atoms with E-state index >= 15 is 0 Å². The number of carbonyl (C=O) groups is 2. The van der Waals surface area contributed by atoms with Gasteiger partial charge in [-0.3, -0.25) is 19.4 Å². The number of hydrogen-bond acceptors (Lipinski definition) is 7. The largest absolute Gasteiger partial charge is 0.493 e. The highest BCUT2D eigenvalue weighted by molar-refractivity contribution is 6.17. The fraction of sp³-hybridized carbons (Fsp3) is 0.360. The van der Waals surface area contributed by atoms with Gasteiger partial charge in [-0.05, 0) is 53.8 Å². The molecule has 2 heterocycles. The molecule has 0 saturated carbocycles. The molecule has 174 valence electrons. The zero-order chi connectivity index (χ0) is 23.4. The number of amides is 2. The third kappa shape index (κ3) is 5.02. The molecule has 8 nitrogen and oxygen atoms in total. The normalized spacial score (nSPS) is 16.0. The van der Waals surface area contributed by atoms with Gasteiger partial charge in [0.05, 0.1) is 27.4 Å². The summed E-state index contributed by atoms with van der Waals surface area (Å²) in [5.74, 6) is 0.710. The van der Waals surface area contributed by atoms with Crippen LogP contribution in [0.4, 0.5) is 5.69 Å². The molecule has 0 aromatic heterocycles. The fourth-order valence-electron chi connectivity index (χ4n) is 4.24. The van der Waals surface area contributed by atoms with Crippen molar-refractivity contribution in [3.63, 3.8) is 0 Å². The number of hydrogen-bond donors (Lipinski definition) is 2. The van der Waals surface area contributed by atoms with E-state index in [1.54, 1.807) is 14.2 Å². The second-order valence-electron chi connectivity index (χ2n) is 8.15. The zero-order valence-electron chi connectivity index (χ0n) is 19.0. The Morgan fingerprint density at radius 2 is 1.70 bits per heavy atom. The Balaban J connectivity index is 1.32. The van der Waals surface area contributed by atoms with Crippen LogP contribution in [0.5, 0.6) is 11.5 Å². The number of aliphatic hydroxyl groups excluding tert-OH is 1. The van der Waals surface area contributed by atoms with Gasteiger partial charge in [-0.2, -0.15) is 0 Å². The fourth-order valence-corrected chi connectivity index (χ4v) is 4.24. The predicted molar refractivity (Wildman–Crippen MR) is 124 cm³/mol. The lowest BCUT2D eigenvalue weighted by atomic mass is 9.98. The Kier molecular flexibility index (Phi) is 6.96. The number of β-amino-alcohol motifs (C(OH)–C–C–N with tert-alkyl or cyclic N) is 1. The summed E-state index contributed by atoms with van der Waals surface area (Å²) >= 11 is 0. The summed E-state index contributed by atoms with van der Waals surface area (Å²) in [6.07, 6.45) is 3.16. The van der Waals surface area contributed by atoms with Crippen molar-refractivity contribution in [2.45, 2.75) is 19.4 Å². The summed E-state index contributed by atoms with van der Waals surface area (Å²) in [5.41, 5.74) is 4.75. The molecule has 0 fully saturated rings. The minimum absolute atomic E-state index is 0.000412. The highest BCUT2D eigenvalue weighted by atomic mass is 16.5. The van der Waals surface area contributed by atoms with Gasteiger partial charge in [-0.25, -0.2) is 0 Å². The van der Waals surface area contributed by atoms with Gasteiger partial charge in [-0.15, -0.1) is 0 Å². The van der Waals surface area contributed by atoms with Crippen molar-refractivity contribution in [3.8, 4) is 11.5 Å². The van der Waals surface area contributed by atoms with Gasteiger partial charge in [-0.1, -0.05) is 12.1 Å². The van der Waals surface area contributed by atoms with Crippen LogP contribution in [0.3, 0.4) is 0 Å². The Hall–Kier alpha value is -3.36. The average molecular weight is 452 g/mol. The van der Waals surface area contributed by atoms with Crippen LogP contribution in [-0.2, 0) is 29.0 Å². The topological polar surface area (TPSA) is 91.3 Å². The van der Waals surface area contributed by atoms with Crippen molar-refractivity contribution < 1.29 is 24.2 Å². The molecule has 0 bridgehead atoms. The number of benzene rings is 2. The number of anilines is 1. The van der Waals surface area contributed by atoms with Gasteiger partial charge < -0.3 is 19.9 Å². The molecule has 2 N–H and O–H groups in total. The molecule has 0 radical (unpaired) electrons. The van der Waals surface area contributed by atoms with Crippen molar-refractivity contribution in [2.24, 2.45) is 0 Å². The number of aliphatic hydroxyl groups is 1. The average Bonchev–Trinajstić information content (AvgIpc) is 3.10. The maximum atomic E-state index is 12.3. The van der Waals surface area contributed by atoms with Crippen LogP contribution in [0.25, 0.3) is 0 Å². The summed E-state index contributed by atoms with van der Waals surface area (Å²) in [4.78, 5) is 27.6. The maximum Gasteiger partial charge on any atom is 0.277 e. The van der Waals surface area contributed by atoms with Crippen LogP contribution < -0.4 is 14.8 Å². The van der Waals surface area contributed by atoms with Crippen LogP contribution in [0.2, 0.25) is 0 Å². The standard InChI is InChI=1S/C25H29N3O5/c1-32-22-13-18-8-10-27(16-19(18)14-23(22)33-2)9-7-17-3-5-20(6-4-17)26-21-15-24(30)28(11-12-29)25(21)31/h3-6,13-15,26,29H,7-12,16H2,1-2H3. The van der Waals surface area contributed by atoms with E-state index < -0.39 is 11.8 Å². The van der Waals surface area contributed by atoms with Crippen LogP contribution in [0.1, 0.15) is 16.7 Å². The predicted octanol–water partition coefficient (Wildman–Crippen LogP) is 1.96. The van der Waals surface area contributed by atoms with E-state index in [9.17, 15) is 9.59 Å². The number of rotatable bonds is 9. The molecule has 4 rings (SSSR count). The van der Waals surface area contributed by atoms with E-state index in [-0.39, 0.29) is 18.8 Å². The van der Waals surface area contributed by atoms with Gasteiger partial charge in [0.1, 0.15) is 5.70 Å². The first-order chi connectivity index (χ1) is 16.0. The lowest BCUT2D eigenvalue weighted by molar-refractivity contribution is -0.137. The van der Waals surface area contributed by atoms with E-state index in [0.29, 0.717) is 0 Å². The van der Waals surface area contributed by atoms with Crippen molar-refractivity contribution in [3.05, 3.63) is 64.9 Å². The summed E-state index contributed by atoms with van der Waals surface area (Å²) in [6.45, 7) is 2.56. The third-order valence-electron chi connectivity index (χ3n) is 6.08. The summed E-state index contributed by atoms with van der Waals surface area (Å²) < 4.78 is 10.9. The van der Waals surface area contributed by atoms with Crippen LogP contribution >= 0.6 is 0 Å². The number of methoxy groups -OCH3 is 2. The Bertz CT molecular complexity index is 1060. The Morgan fingerprint density at radius 3 is 2.36 bits per heavy atom. The molecule has 0 spiro atoms. The minimum Gasteiger partial charge on any atom is -0.493 e. The number of fused-ring (bicyclic) bond motifs is 1. The molecular weight excluding hydrogens is 422 g/mol. The van der Waals surface area contributed by atoms with Gasteiger partial charge in [0.2, 0.25) is 0 Å². The van der Waals surface area contributed by atoms with Gasteiger partial charge >= 0.3 is 0 Å². The SMILES string of the molecule is COc1cc2c(cc1OC)CN(CCc1ccc(NC3=CC(=O)N(CCO)C3=O)cc1)CC2. The van der Waals surface area contributed by atoms with Crippen molar-refractivity contribution in [2.75, 3.05) is 45.8 Å². The summed E-state index contributed by atoms with van der Waals surface area (Å²) in [6, 6.07) is 12.0. The lowest BCUT2D eigenvalue weighted by Crippen LogP contribution is -2.34. The second kappa shape index (κ2) is 10.1.